The van der Waals surface area contributed by atoms with Gasteiger partial charge >= 0.3 is 0 Å². The quantitative estimate of drug-likeness (QED) is 0.601. The molecule has 0 aliphatic heterocycles. The molecule has 3 aromatic rings. The third-order valence-corrected chi connectivity index (χ3v) is 3.24. The average Bonchev–Trinajstić information content (AvgIpc) is 2.80. The molecule has 0 bridgehead atoms. The van der Waals surface area contributed by atoms with Gasteiger partial charge in [-0.05, 0) is 12.1 Å². The van der Waals surface area contributed by atoms with Gasteiger partial charge in [0.05, 0.1) is 0 Å². The molecule has 0 atom stereocenters. The average molecular weight is 287 g/mol. The fourth-order valence-electron chi connectivity index (χ4n) is 1.99. The van der Waals surface area contributed by atoms with Gasteiger partial charge in [-0.2, -0.15) is 0 Å². The van der Waals surface area contributed by atoms with Crippen molar-refractivity contribution in [1.82, 2.24) is 9.97 Å². The van der Waals surface area contributed by atoms with E-state index in [1.807, 2.05) is 30.3 Å². The van der Waals surface area contributed by atoms with Crippen LogP contribution in [0.25, 0.3) is 22.4 Å². The van der Waals surface area contributed by atoms with Crippen molar-refractivity contribution in [3.8, 4) is 11.5 Å². The van der Waals surface area contributed by atoms with Crippen LogP contribution in [0.3, 0.4) is 0 Å². The Kier molecular flexibility index (Phi) is 3.02. The van der Waals surface area contributed by atoms with Gasteiger partial charge in [0.25, 0.3) is 0 Å². The highest BCUT2D eigenvalue weighted by atomic mass is 35.5. The van der Waals surface area contributed by atoms with Gasteiger partial charge in [0.15, 0.2) is 5.76 Å². The van der Waals surface area contributed by atoms with E-state index in [0.717, 1.165) is 11.0 Å². The van der Waals surface area contributed by atoms with Gasteiger partial charge < -0.3 is 4.42 Å². The molecule has 0 aliphatic rings. The monoisotopic (exact) mass is 286 g/mol. The third kappa shape index (κ3) is 2.41. The van der Waals surface area contributed by atoms with E-state index in [2.05, 4.69) is 30.7 Å². The second-order valence-corrected chi connectivity index (χ2v) is 6.19. The minimum absolute atomic E-state index is 0.161. The topological polar surface area (TPSA) is 38.9 Å². The van der Waals surface area contributed by atoms with Crippen LogP contribution in [0.1, 0.15) is 26.6 Å². The van der Waals surface area contributed by atoms with E-state index in [-0.39, 0.29) is 5.41 Å². The molecule has 0 amide bonds. The number of para-hydroxylation sites is 1. The molecule has 0 radical (unpaired) electrons. The van der Waals surface area contributed by atoms with E-state index in [9.17, 15) is 0 Å². The molecule has 3 nitrogen and oxygen atoms in total. The molecule has 0 unspecified atom stereocenters. The lowest BCUT2D eigenvalue weighted by Crippen LogP contribution is -2.16. The minimum atomic E-state index is -0.161. The Balaban J connectivity index is 2.16. The summed E-state index contributed by atoms with van der Waals surface area (Å²) in [6, 6.07) is 11.6. The second kappa shape index (κ2) is 4.60. The highest BCUT2D eigenvalue weighted by molar-refractivity contribution is 6.29. The summed E-state index contributed by atoms with van der Waals surface area (Å²) in [6.45, 7) is 6.17. The maximum absolute atomic E-state index is 6.11. The van der Waals surface area contributed by atoms with Gasteiger partial charge in [-0.25, -0.2) is 9.97 Å². The SMILES string of the molecule is CC(C)(C)c1nc(Cl)cc(-c2cc3ccccc3o2)n1. The second-order valence-electron chi connectivity index (χ2n) is 5.80. The van der Waals surface area contributed by atoms with E-state index < -0.39 is 0 Å². The Morgan fingerprint density at radius 1 is 1.05 bits per heavy atom. The van der Waals surface area contributed by atoms with E-state index in [1.54, 1.807) is 6.07 Å². The molecule has 0 saturated carbocycles. The van der Waals surface area contributed by atoms with Crippen LogP contribution in [0, 0.1) is 0 Å². The van der Waals surface area contributed by atoms with Crippen molar-refractivity contribution >= 4 is 22.6 Å². The molecule has 20 heavy (non-hydrogen) atoms. The van der Waals surface area contributed by atoms with Gasteiger partial charge in [-0.3, -0.25) is 0 Å². The van der Waals surface area contributed by atoms with Crippen LogP contribution in [-0.4, -0.2) is 9.97 Å². The Bertz CT molecular complexity index is 738. The molecule has 102 valence electrons. The largest absolute Gasteiger partial charge is 0.454 e. The third-order valence-electron chi connectivity index (χ3n) is 3.04. The fraction of sp³-hybridized carbons (Fsp3) is 0.250. The lowest BCUT2D eigenvalue weighted by molar-refractivity contribution is 0.543. The molecule has 1 aromatic carbocycles. The number of hydrogen-bond donors (Lipinski definition) is 0. The smallest absolute Gasteiger partial charge is 0.153 e. The first-order chi connectivity index (χ1) is 9.43. The van der Waals surface area contributed by atoms with Crippen LogP contribution in [0.2, 0.25) is 5.15 Å². The minimum Gasteiger partial charge on any atom is -0.454 e. The predicted molar refractivity (Wildman–Crippen MR) is 81.0 cm³/mol. The van der Waals surface area contributed by atoms with E-state index in [4.69, 9.17) is 16.0 Å². The van der Waals surface area contributed by atoms with Crippen molar-refractivity contribution in [3.63, 3.8) is 0 Å². The number of rotatable bonds is 1. The van der Waals surface area contributed by atoms with Gasteiger partial charge in [0, 0.05) is 16.9 Å². The lowest BCUT2D eigenvalue weighted by atomic mass is 9.95. The van der Waals surface area contributed by atoms with Gasteiger partial charge in [0.1, 0.15) is 22.3 Å². The zero-order valence-corrected chi connectivity index (χ0v) is 12.4. The summed E-state index contributed by atoms with van der Waals surface area (Å²) in [5.74, 6) is 1.42. The molecule has 2 aromatic heterocycles. The van der Waals surface area contributed by atoms with Crippen molar-refractivity contribution in [2.45, 2.75) is 26.2 Å². The highest BCUT2D eigenvalue weighted by Crippen LogP contribution is 2.29. The Hall–Kier alpha value is -1.87. The van der Waals surface area contributed by atoms with Gasteiger partial charge in [0.2, 0.25) is 0 Å². The van der Waals surface area contributed by atoms with Crippen molar-refractivity contribution < 1.29 is 4.42 Å². The number of hydrogen-bond acceptors (Lipinski definition) is 3. The predicted octanol–water partition coefficient (Wildman–Crippen LogP) is 4.84. The summed E-state index contributed by atoms with van der Waals surface area (Å²) in [5.41, 5.74) is 1.40. The van der Waals surface area contributed by atoms with Crippen molar-refractivity contribution in [3.05, 3.63) is 47.4 Å². The molecule has 0 saturated heterocycles. The lowest BCUT2D eigenvalue weighted by Gasteiger charge is -2.16. The molecule has 0 aliphatic carbocycles. The van der Waals surface area contributed by atoms with Crippen LogP contribution in [-0.2, 0) is 5.41 Å². The molecule has 3 rings (SSSR count). The Morgan fingerprint density at radius 3 is 2.50 bits per heavy atom. The van der Waals surface area contributed by atoms with E-state index >= 15 is 0 Å². The first-order valence-electron chi connectivity index (χ1n) is 6.47. The zero-order chi connectivity index (χ0) is 14.3. The summed E-state index contributed by atoms with van der Waals surface area (Å²) >= 11 is 6.11. The molecular weight excluding hydrogens is 272 g/mol. The molecule has 2 heterocycles. The normalized spacial score (nSPS) is 12.0. The summed E-state index contributed by atoms with van der Waals surface area (Å²) in [5, 5.41) is 1.48. The number of halogens is 1. The zero-order valence-electron chi connectivity index (χ0n) is 11.6. The maximum Gasteiger partial charge on any atom is 0.153 e. The van der Waals surface area contributed by atoms with Gasteiger partial charge in [-0.15, -0.1) is 0 Å². The molecule has 0 spiro atoms. The highest BCUT2D eigenvalue weighted by Gasteiger charge is 2.20. The van der Waals surface area contributed by atoms with Crippen molar-refractivity contribution in [2.24, 2.45) is 0 Å². The maximum atomic E-state index is 6.11. The standard InChI is InChI=1S/C16H15ClN2O/c1-16(2,3)15-18-11(9-14(17)19-15)13-8-10-6-4-5-7-12(10)20-13/h4-9H,1-3H3. The van der Waals surface area contributed by atoms with Crippen LogP contribution in [0.4, 0.5) is 0 Å². The van der Waals surface area contributed by atoms with Crippen LogP contribution < -0.4 is 0 Å². The van der Waals surface area contributed by atoms with E-state index in [1.165, 1.54) is 0 Å². The Morgan fingerprint density at radius 2 is 1.80 bits per heavy atom. The van der Waals surface area contributed by atoms with Crippen molar-refractivity contribution in [1.29, 1.82) is 0 Å². The van der Waals surface area contributed by atoms with Crippen molar-refractivity contribution in [2.75, 3.05) is 0 Å². The Labute approximate surface area is 122 Å². The number of benzene rings is 1. The van der Waals surface area contributed by atoms with E-state index in [0.29, 0.717) is 22.4 Å². The number of furan rings is 1. The number of nitrogens with zero attached hydrogens (tertiary/aromatic N) is 2. The van der Waals surface area contributed by atoms with Gasteiger partial charge in [-0.1, -0.05) is 50.6 Å². The first-order valence-corrected chi connectivity index (χ1v) is 6.85. The van der Waals surface area contributed by atoms with Crippen LogP contribution in [0.15, 0.2) is 40.8 Å². The summed E-state index contributed by atoms with van der Waals surface area (Å²) in [7, 11) is 0. The molecule has 0 N–H and O–H groups in total. The molecular formula is C16H15ClN2O. The number of aromatic nitrogens is 2. The first kappa shape index (κ1) is 13.1. The van der Waals surface area contributed by atoms with Crippen LogP contribution >= 0.6 is 11.6 Å². The fourth-order valence-corrected chi connectivity index (χ4v) is 2.17. The summed E-state index contributed by atoms with van der Waals surface area (Å²) in [4.78, 5) is 8.88. The summed E-state index contributed by atoms with van der Waals surface area (Å²) < 4.78 is 5.83. The molecule has 4 heteroatoms. The molecule has 0 fully saturated rings. The summed E-state index contributed by atoms with van der Waals surface area (Å²) in [6.07, 6.45) is 0. The number of fused-ring (bicyclic) bond motifs is 1. The van der Waals surface area contributed by atoms with Crippen LogP contribution in [0.5, 0.6) is 0 Å².